The minimum absolute atomic E-state index is 0.0172. The molecule has 5 rings (SSSR count). The number of carbonyl (C=O) groups excluding carboxylic acids is 5. The third-order valence-corrected chi connectivity index (χ3v) is 9.57. The Morgan fingerprint density at radius 3 is 2.42 bits per heavy atom. The SMILES string of the molecule is COC(=O)[C@H](C[C@@H]1CC2(CCN(C(C)=O)CC2)NC1=O)NC(=O)[C@H](CC1CCCCC1)NC(=O)c1cc2ccccc2[nH]1. The van der Waals surface area contributed by atoms with E-state index in [4.69, 9.17) is 4.74 Å². The van der Waals surface area contributed by atoms with Crippen LogP contribution in [0, 0.1) is 11.8 Å². The van der Waals surface area contributed by atoms with Gasteiger partial charge in [0.05, 0.1) is 7.11 Å². The molecule has 1 aromatic carbocycles. The summed E-state index contributed by atoms with van der Waals surface area (Å²) in [6.45, 7) is 2.68. The van der Waals surface area contributed by atoms with E-state index < -0.39 is 41.3 Å². The number of ether oxygens (including phenoxy) is 1. The summed E-state index contributed by atoms with van der Waals surface area (Å²) in [5.74, 6) is -1.85. The van der Waals surface area contributed by atoms with Gasteiger partial charge in [0.25, 0.3) is 5.91 Å². The molecule has 2 aromatic rings. The number of amides is 4. The molecule has 3 atom stereocenters. The van der Waals surface area contributed by atoms with Crippen LogP contribution in [0.15, 0.2) is 30.3 Å². The van der Waals surface area contributed by atoms with Gasteiger partial charge in [-0.15, -0.1) is 0 Å². The lowest BCUT2D eigenvalue weighted by Crippen LogP contribution is -2.53. The molecule has 1 aromatic heterocycles. The number of esters is 1. The molecule has 3 aliphatic rings. The Morgan fingerprint density at radius 2 is 1.74 bits per heavy atom. The number of likely N-dealkylation sites (tertiary alicyclic amines) is 1. The van der Waals surface area contributed by atoms with Crippen molar-refractivity contribution in [3.8, 4) is 0 Å². The first-order chi connectivity index (χ1) is 20.7. The van der Waals surface area contributed by atoms with Gasteiger partial charge in [0.1, 0.15) is 17.8 Å². The Balaban J connectivity index is 1.28. The van der Waals surface area contributed by atoms with Crippen LogP contribution in [0.4, 0.5) is 0 Å². The van der Waals surface area contributed by atoms with Crippen LogP contribution in [0.25, 0.3) is 10.9 Å². The number of para-hydroxylation sites is 1. The molecule has 0 bridgehead atoms. The number of rotatable bonds is 9. The monoisotopic (exact) mass is 593 g/mol. The van der Waals surface area contributed by atoms with E-state index in [1.165, 1.54) is 7.11 Å². The summed E-state index contributed by atoms with van der Waals surface area (Å²) < 4.78 is 5.03. The molecule has 0 unspecified atom stereocenters. The largest absolute Gasteiger partial charge is 0.467 e. The second kappa shape index (κ2) is 13.2. The number of nitrogens with one attached hydrogen (secondary N) is 4. The van der Waals surface area contributed by atoms with Crippen molar-refractivity contribution in [2.45, 2.75) is 88.8 Å². The zero-order chi connectivity index (χ0) is 30.6. The van der Waals surface area contributed by atoms with Crippen LogP contribution < -0.4 is 16.0 Å². The lowest BCUT2D eigenvalue weighted by molar-refractivity contribution is -0.146. The van der Waals surface area contributed by atoms with Crippen molar-refractivity contribution in [1.82, 2.24) is 25.8 Å². The summed E-state index contributed by atoms with van der Waals surface area (Å²) >= 11 is 0. The number of methoxy groups -OCH3 is 1. The standard InChI is InChI=1S/C32H43N5O6/c1-20(38)37-14-12-32(13-15-37)19-23(28(39)36-32)18-27(31(42)43-2)35-29(40)25(16-21-8-4-3-5-9-21)34-30(41)26-17-22-10-6-7-11-24(22)33-26/h6-7,10-11,17,21,23,25,27,33H,3-5,8-9,12-16,18-19H2,1-2H3,(H,34,41)(H,35,40)(H,36,39)/t23-,25+,27+/m1/s1. The Hall–Kier alpha value is -3.89. The van der Waals surface area contributed by atoms with Crippen molar-refractivity contribution in [3.05, 3.63) is 36.0 Å². The van der Waals surface area contributed by atoms with Crippen LogP contribution in [0.5, 0.6) is 0 Å². The Bertz CT molecular complexity index is 1320. The van der Waals surface area contributed by atoms with Gasteiger partial charge in [0.2, 0.25) is 17.7 Å². The molecule has 4 amide bonds. The Kier molecular flexibility index (Phi) is 9.37. The van der Waals surface area contributed by atoms with Gasteiger partial charge < -0.3 is 30.6 Å². The third-order valence-electron chi connectivity index (χ3n) is 9.57. The van der Waals surface area contributed by atoms with Crippen molar-refractivity contribution in [3.63, 3.8) is 0 Å². The molecule has 232 valence electrons. The molecule has 2 saturated heterocycles. The van der Waals surface area contributed by atoms with E-state index in [1.807, 2.05) is 24.3 Å². The number of aromatic amines is 1. The van der Waals surface area contributed by atoms with E-state index in [2.05, 4.69) is 20.9 Å². The summed E-state index contributed by atoms with van der Waals surface area (Å²) in [4.78, 5) is 69.7. The molecule has 0 radical (unpaired) electrons. The molecule has 2 aliphatic heterocycles. The first-order valence-electron chi connectivity index (χ1n) is 15.5. The Labute approximate surface area is 251 Å². The normalized spacial score (nSPS) is 21.7. The van der Waals surface area contributed by atoms with E-state index in [-0.39, 0.29) is 24.2 Å². The van der Waals surface area contributed by atoms with Crippen LogP contribution in [0.3, 0.4) is 0 Å². The van der Waals surface area contributed by atoms with E-state index >= 15 is 0 Å². The van der Waals surface area contributed by atoms with Gasteiger partial charge in [-0.25, -0.2) is 4.79 Å². The highest BCUT2D eigenvalue weighted by Crippen LogP contribution is 2.36. The third kappa shape index (κ3) is 7.19. The molecule has 3 heterocycles. The topological polar surface area (TPSA) is 150 Å². The molecule has 1 aliphatic carbocycles. The van der Waals surface area contributed by atoms with Gasteiger partial charge in [0, 0.05) is 42.4 Å². The summed E-state index contributed by atoms with van der Waals surface area (Å²) in [5.41, 5.74) is 0.761. The second-order valence-corrected chi connectivity index (χ2v) is 12.5. The number of aromatic nitrogens is 1. The number of hydrogen-bond acceptors (Lipinski definition) is 6. The predicted molar refractivity (Wildman–Crippen MR) is 160 cm³/mol. The van der Waals surface area contributed by atoms with Crippen molar-refractivity contribution in [2.75, 3.05) is 20.2 Å². The first kappa shape index (κ1) is 30.6. The molecule has 3 fully saturated rings. The zero-order valence-electron chi connectivity index (χ0n) is 25.1. The average molecular weight is 594 g/mol. The quantitative estimate of drug-likeness (QED) is 0.329. The number of hydrogen-bond donors (Lipinski definition) is 4. The number of H-pyrrole nitrogens is 1. The molecule has 43 heavy (non-hydrogen) atoms. The summed E-state index contributed by atoms with van der Waals surface area (Å²) in [6, 6.07) is 7.43. The molecule has 1 saturated carbocycles. The highest BCUT2D eigenvalue weighted by molar-refractivity contribution is 6.00. The second-order valence-electron chi connectivity index (χ2n) is 12.5. The molecule has 11 heteroatoms. The maximum absolute atomic E-state index is 13.8. The number of fused-ring (bicyclic) bond motifs is 1. The van der Waals surface area contributed by atoms with Crippen molar-refractivity contribution in [2.24, 2.45) is 11.8 Å². The van der Waals surface area contributed by atoms with Gasteiger partial charge >= 0.3 is 5.97 Å². The fourth-order valence-electron chi connectivity index (χ4n) is 7.08. The molecule has 4 N–H and O–H groups in total. The molecule has 1 spiro atoms. The lowest BCUT2D eigenvalue weighted by Gasteiger charge is -2.39. The van der Waals surface area contributed by atoms with Crippen LogP contribution in [-0.2, 0) is 23.9 Å². The van der Waals surface area contributed by atoms with E-state index in [1.54, 1.807) is 17.9 Å². The van der Waals surface area contributed by atoms with Crippen molar-refractivity contribution >= 4 is 40.5 Å². The average Bonchev–Trinajstić information content (AvgIpc) is 3.57. The van der Waals surface area contributed by atoms with E-state index in [0.717, 1.165) is 43.0 Å². The number of piperidine rings is 1. The molecular formula is C32H43N5O6. The van der Waals surface area contributed by atoms with Crippen LogP contribution in [-0.4, -0.2) is 77.3 Å². The summed E-state index contributed by atoms with van der Waals surface area (Å²) in [6.07, 6.45) is 7.67. The van der Waals surface area contributed by atoms with E-state index in [9.17, 15) is 24.0 Å². The van der Waals surface area contributed by atoms with Crippen LogP contribution >= 0.6 is 0 Å². The fraction of sp³-hybridized carbons (Fsp3) is 0.594. The van der Waals surface area contributed by atoms with Gasteiger partial charge in [-0.2, -0.15) is 0 Å². The number of benzene rings is 1. The highest BCUT2D eigenvalue weighted by atomic mass is 16.5. The summed E-state index contributed by atoms with van der Waals surface area (Å²) in [5, 5.41) is 9.77. The molecule has 11 nitrogen and oxygen atoms in total. The van der Waals surface area contributed by atoms with Gasteiger partial charge in [-0.1, -0.05) is 50.3 Å². The van der Waals surface area contributed by atoms with Gasteiger partial charge in [-0.05, 0) is 50.2 Å². The maximum atomic E-state index is 13.8. The van der Waals surface area contributed by atoms with Gasteiger partial charge in [-0.3, -0.25) is 19.2 Å². The highest BCUT2D eigenvalue weighted by Gasteiger charge is 2.47. The maximum Gasteiger partial charge on any atom is 0.328 e. The van der Waals surface area contributed by atoms with Crippen molar-refractivity contribution < 1.29 is 28.7 Å². The smallest absolute Gasteiger partial charge is 0.328 e. The van der Waals surface area contributed by atoms with Gasteiger partial charge in [0.15, 0.2) is 0 Å². The number of carbonyl (C=O) groups is 5. The first-order valence-corrected chi connectivity index (χ1v) is 15.5. The lowest BCUT2D eigenvalue weighted by atomic mass is 9.82. The minimum Gasteiger partial charge on any atom is -0.467 e. The predicted octanol–water partition coefficient (Wildman–Crippen LogP) is 2.80. The summed E-state index contributed by atoms with van der Waals surface area (Å²) in [7, 11) is 1.26. The zero-order valence-corrected chi connectivity index (χ0v) is 25.1. The van der Waals surface area contributed by atoms with E-state index in [0.29, 0.717) is 44.5 Å². The molecular weight excluding hydrogens is 550 g/mol. The minimum atomic E-state index is -1.04. The van der Waals surface area contributed by atoms with Crippen LogP contribution in [0.2, 0.25) is 0 Å². The number of nitrogens with zero attached hydrogens (tertiary/aromatic N) is 1. The van der Waals surface area contributed by atoms with Crippen molar-refractivity contribution in [1.29, 1.82) is 0 Å². The van der Waals surface area contributed by atoms with Crippen LogP contribution in [0.1, 0.15) is 81.6 Å². The Morgan fingerprint density at radius 1 is 1.02 bits per heavy atom. The fourth-order valence-corrected chi connectivity index (χ4v) is 7.08.